The molecule has 4 aromatic rings. The smallest absolute Gasteiger partial charge is 0.240 e. The minimum atomic E-state index is -3.66. The average molecular weight is 479 g/mol. The van der Waals surface area contributed by atoms with Crippen molar-refractivity contribution in [1.29, 1.82) is 0 Å². The van der Waals surface area contributed by atoms with E-state index in [-0.39, 0.29) is 11.4 Å². The van der Waals surface area contributed by atoms with Crippen LogP contribution in [0.25, 0.3) is 5.82 Å². The van der Waals surface area contributed by atoms with Crippen LogP contribution in [0.15, 0.2) is 71.6 Å². The van der Waals surface area contributed by atoms with Crippen LogP contribution in [0.3, 0.4) is 0 Å². The summed E-state index contributed by atoms with van der Waals surface area (Å²) in [6, 6.07) is 19.3. The van der Waals surface area contributed by atoms with Gasteiger partial charge >= 0.3 is 0 Å². The Labute approximate surface area is 198 Å². The van der Waals surface area contributed by atoms with Crippen LogP contribution in [0.5, 0.6) is 11.5 Å². The number of ether oxygens (including phenoxy) is 1. The predicted octanol–water partition coefficient (Wildman–Crippen LogP) is 3.77. The van der Waals surface area contributed by atoms with E-state index < -0.39 is 10.0 Å². The highest BCUT2D eigenvalue weighted by atomic mass is 32.2. The molecule has 0 radical (unpaired) electrons. The van der Waals surface area contributed by atoms with Gasteiger partial charge in [-0.2, -0.15) is 5.10 Å². The van der Waals surface area contributed by atoms with Crippen molar-refractivity contribution in [2.24, 2.45) is 0 Å². The lowest BCUT2D eigenvalue weighted by molar-refractivity contribution is 0.482. The van der Waals surface area contributed by atoms with Crippen molar-refractivity contribution in [2.75, 3.05) is 18.4 Å². The van der Waals surface area contributed by atoms with Crippen molar-refractivity contribution >= 4 is 15.8 Å². The molecule has 0 unspecified atom stereocenters. The number of aryl methyl sites for hydroxylation is 3. The number of hydrogen-bond donors (Lipinski definition) is 2. The maximum Gasteiger partial charge on any atom is 0.240 e. The maximum atomic E-state index is 12.6. The van der Waals surface area contributed by atoms with Crippen molar-refractivity contribution in [3.8, 4) is 17.3 Å². The van der Waals surface area contributed by atoms with Crippen LogP contribution >= 0.6 is 0 Å². The lowest BCUT2D eigenvalue weighted by Gasteiger charge is -2.11. The van der Waals surface area contributed by atoms with E-state index in [1.54, 1.807) is 29.8 Å². The van der Waals surface area contributed by atoms with E-state index in [1.165, 1.54) is 12.1 Å². The van der Waals surface area contributed by atoms with Crippen LogP contribution in [0.4, 0.5) is 5.82 Å². The van der Waals surface area contributed by atoms with E-state index in [2.05, 4.69) is 25.1 Å². The van der Waals surface area contributed by atoms with Gasteiger partial charge in [-0.25, -0.2) is 27.8 Å². The van der Waals surface area contributed by atoms with Gasteiger partial charge in [-0.1, -0.05) is 18.2 Å². The third kappa shape index (κ3) is 5.77. The fraction of sp³-hybridized carbons (Fsp3) is 0.208. The Morgan fingerprint density at radius 3 is 2.26 bits per heavy atom. The molecule has 2 heterocycles. The van der Waals surface area contributed by atoms with Gasteiger partial charge in [-0.3, -0.25) is 0 Å². The Bertz CT molecular complexity index is 1370. The normalized spacial score (nSPS) is 11.4. The standard InChI is InChI=1S/C24H26N6O3S/c1-17-15-18(2)30(29-17)24-16-23(27-19(3)28-24)25-13-14-26-34(31,32)22-11-9-21(10-12-22)33-20-7-5-4-6-8-20/h4-12,15-16,26H,13-14H2,1-3H3,(H,25,27,28). The summed E-state index contributed by atoms with van der Waals surface area (Å²) in [6.45, 7) is 6.21. The summed E-state index contributed by atoms with van der Waals surface area (Å²) < 4.78 is 35.3. The van der Waals surface area contributed by atoms with Gasteiger partial charge in [0, 0.05) is 24.8 Å². The summed E-state index contributed by atoms with van der Waals surface area (Å²) in [5.74, 6) is 3.08. The van der Waals surface area contributed by atoms with Crippen LogP contribution in [0.2, 0.25) is 0 Å². The first-order chi connectivity index (χ1) is 16.3. The third-order valence-electron chi connectivity index (χ3n) is 4.89. The zero-order chi connectivity index (χ0) is 24.1. The zero-order valence-electron chi connectivity index (χ0n) is 19.2. The third-order valence-corrected chi connectivity index (χ3v) is 6.36. The maximum absolute atomic E-state index is 12.6. The lowest BCUT2D eigenvalue weighted by atomic mass is 10.3. The Kier molecular flexibility index (Phi) is 6.90. The summed E-state index contributed by atoms with van der Waals surface area (Å²) >= 11 is 0. The molecule has 176 valence electrons. The molecule has 0 aliphatic rings. The van der Waals surface area contributed by atoms with Gasteiger partial charge in [0.2, 0.25) is 10.0 Å². The highest BCUT2D eigenvalue weighted by Crippen LogP contribution is 2.22. The molecule has 0 aliphatic heterocycles. The summed E-state index contributed by atoms with van der Waals surface area (Å²) in [5.41, 5.74) is 1.87. The molecule has 0 bridgehead atoms. The first-order valence-electron chi connectivity index (χ1n) is 10.8. The monoisotopic (exact) mass is 478 g/mol. The molecule has 0 spiro atoms. The lowest BCUT2D eigenvalue weighted by Crippen LogP contribution is -2.29. The number of sulfonamides is 1. The summed E-state index contributed by atoms with van der Waals surface area (Å²) in [7, 11) is -3.66. The van der Waals surface area contributed by atoms with Gasteiger partial charge in [-0.15, -0.1) is 0 Å². The molecule has 0 atom stereocenters. The molecule has 34 heavy (non-hydrogen) atoms. The molecule has 0 amide bonds. The second-order valence-corrected chi connectivity index (χ2v) is 9.48. The molecule has 2 aromatic carbocycles. The molecule has 0 aliphatic carbocycles. The number of nitrogens with one attached hydrogen (secondary N) is 2. The first-order valence-corrected chi connectivity index (χ1v) is 12.2. The molecule has 0 saturated heterocycles. The van der Waals surface area contributed by atoms with Crippen molar-refractivity contribution in [1.82, 2.24) is 24.5 Å². The Balaban J connectivity index is 1.34. The van der Waals surface area contributed by atoms with Crippen molar-refractivity contribution in [2.45, 2.75) is 25.7 Å². The summed E-state index contributed by atoms with van der Waals surface area (Å²) in [4.78, 5) is 8.99. The van der Waals surface area contributed by atoms with Gasteiger partial charge in [0.1, 0.15) is 23.1 Å². The molecule has 4 rings (SSSR count). The molecule has 10 heteroatoms. The van der Waals surface area contributed by atoms with Crippen LogP contribution < -0.4 is 14.8 Å². The number of rotatable bonds is 9. The zero-order valence-corrected chi connectivity index (χ0v) is 20.0. The minimum Gasteiger partial charge on any atom is -0.457 e. The topological polar surface area (TPSA) is 111 Å². The number of nitrogens with zero attached hydrogens (tertiary/aromatic N) is 4. The summed E-state index contributed by atoms with van der Waals surface area (Å²) in [5, 5.41) is 7.60. The second-order valence-electron chi connectivity index (χ2n) is 7.71. The first kappa shape index (κ1) is 23.4. The van der Waals surface area contributed by atoms with Crippen molar-refractivity contribution in [3.05, 3.63) is 83.9 Å². The van der Waals surface area contributed by atoms with Gasteiger partial charge in [0.15, 0.2) is 5.82 Å². The van der Waals surface area contributed by atoms with Gasteiger partial charge in [0.05, 0.1) is 10.6 Å². The molecule has 2 aromatic heterocycles. The Morgan fingerprint density at radius 2 is 1.59 bits per heavy atom. The number of benzene rings is 2. The van der Waals surface area contributed by atoms with Crippen molar-refractivity contribution < 1.29 is 13.2 Å². The predicted molar refractivity (Wildman–Crippen MR) is 130 cm³/mol. The largest absolute Gasteiger partial charge is 0.457 e. The van der Waals surface area contributed by atoms with Crippen LogP contribution in [0, 0.1) is 20.8 Å². The number of hydrogen-bond acceptors (Lipinski definition) is 7. The Morgan fingerprint density at radius 1 is 0.882 bits per heavy atom. The van der Waals surface area contributed by atoms with Gasteiger partial charge in [0.25, 0.3) is 0 Å². The molecule has 9 nitrogen and oxygen atoms in total. The van der Waals surface area contributed by atoms with Crippen LogP contribution in [-0.2, 0) is 10.0 Å². The van der Waals surface area contributed by atoms with Crippen molar-refractivity contribution in [3.63, 3.8) is 0 Å². The molecule has 2 N–H and O–H groups in total. The van der Waals surface area contributed by atoms with Gasteiger partial charge < -0.3 is 10.1 Å². The number of anilines is 1. The highest BCUT2D eigenvalue weighted by Gasteiger charge is 2.14. The second kappa shape index (κ2) is 10.0. The minimum absolute atomic E-state index is 0.164. The Hall–Kier alpha value is -3.76. The average Bonchev–Trinajstić information content (AvgIpc) is 3.15. The number of para-hydroxylation sites is 1. The van der Waals surface area contributed by atoms with E-state index in [9.17, 15) is 8.42 Å². The number of aromatic nitrogens is 4. The fourth-order valence-electron chi connectivity index (χ4n) is 3.38. The quantitative estimate of drug-likeness (QED) is 0.352. The molecular formula is C24H26N6O3S. The van der Waals surface area contributed by atoms with E-state index in [0.717, 1.165) is 11.4 Å². The van der Waals surface area contributed by atoms with E-state index in [0.29, 0.717) is 35.5 Å². The van der Waals surface area contributed by atoms with E-state index in [1.807, 2.05) is 50.2 Å². The van der Waals surface area contributed by atoms with Crippen LogP contribution in [-0.4, -0.2) is 41.3 Å². The SMILES string of the molecule is Cc1cc(C)n(-c2cc(NCCNS(=O)(=O)c3ccc(Oc4ccccc4)cc3)nc(C)n2)n1. The highest BCUT2D eigenvalue weighted by molar-refractivity contribution is 7.89. The van der Waals surface area contributed by atoms with Gasteiger partial charge in [-0.05, 0) is 63.2 Å². The molecular weight excluding hydrogens is 452 g/mol. The van der Waals surface area contributed by atoms with E-state index >= 15 is 0 Å². The van der Waals surface area contributed by atoms with Crippen LogP contribution in [0.1, 0.15) is 17.2 Å². The summed E-state index contributed by atoms with van der Waals surface area (Å²) in [6.07, 6.45) is 0. The fourth-order valence-corrected chi connectivity index (χ4v) is 4.41. The molecule has 0 fully saturated rings. The molecule has 0 saturated carbocycles. The van der Waals surface area contributed by atoms with E-state index in [4.69, 9.17) is 4.74 Å².